The van der Waals surface area contributed by atoms with Gasteiger partial charge in [0.1, 0.15) is 6.10 Å². The zero-order valence-corrected chi connectivity index (χ0v) is 29.1. The monoisotopic (exact) mass is 612 g/mol. The normalized spacial score (nSPS) is 13.7. The molecule has 0 spiro atoms. The second kappa shape index (κ2) is 34.2. The zero-order chi connectivity index (χ0) is 31.6. The van der Waals surface area contributed by atoms with Crippen LogP contribution in [0.25, 0.3) is 0 Å². The molecule has 0 rings (SSSR count). The molecule has 0 aliphatic heterocycles. The maximum atomic E-state index is 12.4. The lowest BCUT2D eigenvalue weighted by Crippen LogP contribution is -2.50. The number of nitrogens with one attached hydrogen (secondary N) is 1. The fraction of sp³-hybridized carbons (Fsp3) is 0.974. The molecular weight excluding hydrogens is 534 g/mol. The van der Waals surface area contributed by atoms with E-state index in [2.05, 4.69) is 19.2 Å². The quantitative estimate of drug-likeness (QED) is 0.0537. The summed E-state index contributed by atoms with van der Waals surface area (Å²) in [5.74, 6) is -0.142. The van der Waals surface area contributed by atoms with Gasteiger partial charge in [0.15, 0.2) is 0 Å². The summed E-state index contributed by atoms with van der Waals surface area (Å²) in [6.45, 7) is 4.18. The van der Waals surface area contributed by atoms with Crippen molar-refractivity contribution in [1.82, 2.24) is 5.32 Å². The Hall–Kier alpha value is -0.650. The summed E-state index contributed by atoms with van der Waals surface area (Å²) < 4.78 is 0. The Kier molecular flexibility index (Phi) is 33.7. The van der Waals surface area contributed by atoms with Gasteiger partial charge < -0.3 is 20.6 Å². The molecule has 0 saturated heterocycles. The van der Waals surface area contributed by atoms with Crippen LogP contribution in [0.4, 0.5) is 0 Å². The van der Waals surface area contributed by atoms with Crippen LogP contribution >= 0.6 is 0 Å². The lowest BCUT2D eigenvalue weighted by Gasteiger charge is -2.26. The number of aliphatic hydroxyl groups is 3. The lowest BCUT2D eigenvalue weighted by atomic mass is 9.99. The first kappa shape index (κ1) is 42.3. The van der Waals surface area contributed by atoms with Gasteiger partial charge in [-0.3, -0.25) is 4.79 Å². The maximum absolute atomic E-state index is 12.4. The standard InChI is InChI=1S/C38H77NO4/c1-3-5-7-9-11-13-15-17-19-21-23-25-27-29-31-33-37(42)39-35(34-40)38(43)36(41)32-30-28-26-24-22-20-18-16-14-12-10-8-6-4-2/h35-36,38,40-41,43H,3-34H2,1-2H3,(H,39,42)/t35-,36+,38-/m0/s1. The van der Waals surface area contributed by atoms with E-state index >= 15 is 0 Å². The largest absolute Gasteiger partial charge is 0.394 e. The number of carbonyl (C=O) groups excluding carboxylic acids is 1. The van der Waals surface area contributed by atoms with Gasteiger partial charge in [0.2, 0.25) is 5.91 Å². The van der Waals surface area contributed by atoms with Crippen LogP contribution in [0, 0.1) is 0 Å². The molecule has 5 heteroatoms. The Morgan fingerprint density at radius 1 is 0.488 bits per heavy atom. The molecule has 0 heterocycles. The second-order valence-corrected chi connectivity index (χ2v) is 13.5. The van der Waals surface area contributed by atoms with Crippen molar-refractivity contribution in [3.05, 3.63) is 0 Å². The van der Waals surface area contributed by atoms with Gasteiger partial charge in [-0.05, 0) is 12.8 Å². The summed E-state index contributed by atoms with van der Waals surface area (Å²) in [6.07, 6.45) is 36.2. The first-order valence-corrected chi connectivity index (χ1v) is 19.3. The first-order chi connectivity index (χ1) is 21.1. The highest BCUT2D eigenvalue weighted by molar-refractivity contribution is 5.76. The van der Waals surface area contributed by atoms with Gasteiger partial charge in [-0.2, -0.15) is 0 Å². The Labute approximate surface area is 268 Å². The van der Waals surface area contributed by atoms with E-state index < -0.39 is 18.2 Å². The van der Waals surface area contributed by atoms with Gasteiger partial charge in [-0.25, -0.2) is 0 Å². The molecular formula is C38H77NO4. The predicted octanol–water partition coefficient (Wildman–Crippen LogP) is 10.3. The van der Waals surface area contributed by atoms with Crippen molar-refractivity contribution in [3.8, 4) is 0 Å². The molecule has 0 unspecified atom stereocenters. The van der Waals surface area contributed by atoms with Crippen LogP contribution in [0.3, 0.4) is 0 Å². The molecule has 43 heavy (non-hydrogen) atoms. The molecule has 0 aromatic rings. The molecule has 0 aromatic heterocycles. The van der Waals surface area contributed by atoms with Crippen molar-refractivity contribution in [1.29, 1.82) is 0 Å². The topological polar surface area (TPSA) is 89.8 Å². The van der Waals surface area contributed by atoms with Crippen LogP contribution in [0.5, 0.6) is 0 Å². The van der Waals surface area contributed by atoms with E-state index in [4.69, 9.17) is 0 Å². The predicted molar refractivity (Wildman–Crippen MR) is 186 cm³/mol. The molecule has 0 saturated carbocycles. The highest BCUT2D eigenvalue weighted by atomic mass is 16.3. The van der Waals surface area contributed by atoms with E-state index in [1.54, 1.807) is 0 Å². The minimum atomic E-state index is -1.13. The third-order valence-corrected chi connectivity index (χ3v) is 9.21. The van der Waals surface area contributed by atoms with Crippen LogP contribution in [0.1, 0.15) is 213 Å². The average molecular weight is 612 g/mol. The van der Waals surface area contributed by atoms with E-state index in [9.17, 15) is 20.1 Å². The lowest BCUT2D eigenvalue weighted by molar-refractivity contribution is -0.124. The van der Waals surface area contributed by atoms with Crippen molar-refractivity contribution in [2.24, 2.45) is 0 Å². The number of hydrogen-bond donors (Lipinski definition) is 4. The van der Waals surface area contributed by atoms with Crippen LogP contribution in [-0.2, 0) is 4.79 Å². The molecule has 0 aliphatic rings. The molecule has 0 aromatic carbocycles. The fourth-order valence-corrected chi connectivity index (χ4v) is 6.16. The van der Waals surface area contributed by atoms with E-state index in [-0.39, 0.29) is 12.5 Å². The summed E-state index contributed by atoms with van der Waals surface area (Å²) in [7, 11) is 0. The maximum Gasteiger partial charge on any atom is 0.220 e. The number of rotatable bonds is 35. The molecule has 0 bridgehead atoms. The van der Waals surface area contributed by atoms with Gasteiger partial charge in [0, 0.05) is 6.42 Å². The van der Waals surface area contributed by atoms with Crippen molar-refractivity contribution < 1.29 is 20.1 Å². The van der Waals surface area contributed by atoms with Crippen LogP contribution in [-0.4, -0.2) is 46.1 Å². The molecule has 0 radical (unpaired) electrons. The van der Waals surface area contributed by atoms with Gasteiger partial charge in [-0.1, -0.05) is 194 Å². The van der Waals surface area contributed by atoms with E-state index in [1.165, 1.54) is 154 Å². The van der Waals surface area contributed by atoms with Crippen LogP contribution < -0.4 is 5.32 Å². The highest BCUT2D eigenvalue weighted by Gasteiger charge is 2.26. The number of aliphatic hydroxyl groups excluding tert-OH is 3. The van der Waals surface area contributed by atoms with Crippen molar-refractivity contribution in [2.45, 2.75) is 231 Å². The third-order valence-electron chi connectivity index (χ3n) is 9.21. The van der Waals surface area contributed by atoms with E-state index in [0.717, 1.165) is 32.1 Å². The van der Waals surface area contributed by atoms with Gasteiger partial charge in [0.05, 0.1) is 18.8 Å². The first-order valence-electron chi connectivity index (χ1n) is 19.3. The molecule has 3 atom stereocenters. The summed E-state index contributed by atoms with van der Waals surface area (Å²) in [5.41, 5.74) is 0. The van der Waals surface area contributed by atoms with E-state index in [0.29, 0.717) is 12.8 Å². The second-order valence-electron chi connectivity index (χ2n) is 13.5. The molecule has 4 N–H and O–H groups in total. The Balaban J connectivity index is 3.64. The summed E-state index contributed by atoms with van der Waals surface area (Å²) in [5, 5.41) is 33.4. The number of carbonyl (C=O) groups is 1. The zero-order valence-electron chi connectivity index (χ0n) is 29.1. The number of hydrogen-bond acceptors (Lipinski definition) is 4. The van der Waals surface area contributed by atoms with E-state index in [1.807, 2.05) is 0 Å². The highest BCUT2D eigenvalue weighted by Crippen LogP contribution is 2.16. The molecule has 0 aliphatic carbocycles. The minimum absolute atomic E-state index is 0.142. The Bertz CT molecular complexity index is 558. The molecule has 0 fully saturated rings. The Morgan fingerprint density at radius 3 is 1.12 bits per heavy atom. The third kappa shape index (κ3) is 29.8. The van der Waals surface area contributed by atoms with Crippen LogP contribution in [0.15, 0.2) is 0 Å². The SMILES string of the molecule is CCCCCCCCCCCCCCCCCC(=O)N[C@@H](CO)[C@H](O)[C@H](O)CCCCCCCCCCCCCCCC. The van der Waals surface area contributed by atoms with Crippen molar-refractivity contribution in [2.75, 3.05) is 6.61 Å². The smallest absolute Gasteiger partial charge is 0.220 e. The molecule has 5 nitrogen and oxygen atoms in total. The van der Waals surface area contributed by atoms with Crippen molar-refractivity contribution >= 4 is 5.91 Å². The average Bonchev–Trinajstić information content (AvgIpc) is 3.01. The number of amides is 1. The van der Waals surface area contributed by atoms with Gasteiger partial charge in [-0.15, -0.1) is 0 Å². The minimum Gasteiger partial charge on any atom is -0.394 e. The number of unbranched alkanes of at least 4 members (excludes halogenated alkanes) is 27. The molecule has 258 valence electrons. The Morgan fingerprint density at radius 2 is 0.791 bits per heavy atom. The molecule has 1 amide bonds. The summed E-state index contributed by atoms with van der Waals surface area (Å²) in [4.78, 5) is 12.4. The van der Waals surface area contributed by atoms with Crippen molar-refractivity contribution in [3.63, 3.8) is 0 Å². The summed E-state index contributed by atoms with van der Waals surface area (Å²) >= 11 is 0. The van der Waals surface area contributed by atoms with Crippen LogP contribution in [0.2, 0.25) is 0 Å². The summed E-state index contributed by atoms with van der Waals surface area (Å²) in [6, 6.07) is -0.800. The van der Waals surface area contributed by atoms with Gasteiger partial charge >= 0.3 is 0 Å². The fourth-order valence-electron chi connectivity index (χ4n) is 6.16. The van der Waals surface area contributed by atoms with Gasteiger partial charge in [0.25, 0.3) is 0 Å².